The average Bonchev–Trinajstić information content (AvgIpc) is 2.34. The first-order valence-electron chi connectivity index (χ1n) is 6.30. The number of ether oxygens (including phenoxy) is 1. The molecule has 2 rings (SSSR count). The highest BCUT2D eigenvalue weighted by molar-refractivity contribution is 5.40. The van der Waals surface area contributed by atoms with Gasteiger partial charge >= 0.3 is 0 Å². The van der Waals surface area contributed by atoms with Gasteiger partial charge in [0.2, 0.25) is 5.88 Å². The van der Waals surface area contributed by atoms with Crippen LogP contribution in [0.3, 0.4) is 0 Å². The van der Waals surface area contributed by atoms with E-state index in [9.17, 15) is 8.78 Å². The molecule has 1 heterocycles. The maximum Gasteiger partial charge on any atom is 0.224 e. The Balaban J connectivity index is 2.21. The maximum absolute atomic E-state index is 13.1. The summed E-state index contributed by atoms with van der Waals surface area (Å²) >= 11 is 0. The van der Waals surface area contributed by atoms with Crippen molar-refractivity contribution in [3.05, 3.63) is 41.7 Å². The van der Waals surface area contributed by atoms with Crippen molar-refractivity contribution >= 4 is 5.82 Å². The van der Waals surface area contributed by atoms with Crippen LogP contribution >= 0.6 is 0 Å². The third kappa shape index (κ3) is 3.88. The fourth-order valence-electron chi connectivity index (χ4n) is 1.64. The summed E-state index contributed by atoms with van der Waals surface area (Å²) in [5.74, 6) is 0.0255. The number of halogens is 2. The minimum atomic E-state index is -0.699. The van der Waals surface area contributed by atoms with Crippen molar-refractivity contribution in [2.45, 2.75) is 20.3 Å². The van der Waals surface area contributed by atoms with Gasteiger partial charge in [-0.05, 0) is 13.3 Å². The number of rotatable bonds is 5. The molecular formula is C14H15F2N3O. The third-order valence-corrected chi connectivity index (χ3v) is 2.43. The topological polar surface area (TPSA) is 47.0 Å². The van der Waals surface area contributed by atoms with Crippen molar-refractivity contribution < 1.29 is 13.5 Å². The second-order valence-corrected chi connectivity index (χ2v) is 4.27. The van der Waals surface area contributed by atoms with Gasteiger partial charge in [-0.1, -0.05) is 6.92 Å². The van der Waals surface area contributed by atoms with Crippen LogP contribution in [-0.2, 0) is 0 Å². The molecule has 0 bridgehead atoms. The van der Waals surface area contributed by atoms with Crippen molar-refractivity contribution in [3.63, 3.8) is 0 Å². The van der Waals surface area contributed by atoms with E-state index in [-0.39, 0.29) is 11.6 Å². The Morgan fingerprint density at radius 1 is 1.10 bits per heavy atom. The van der Waals surface area contributed by atoms with E-state index in [0.717, 1.165) is 31.2 Å². The van der Waals surface area contributed by atoms with Gasteiger partial charge in [-0.3, -0.25) is 0 Å². The Bertz CT molecular complexity index is 585. The lowest BCUT2D eigenvalue weighted by Crippen LogP contribution is -2.04. The van der Waals surface area contributed by atoms with E-state index in [0.29, 0.717) is 11.6 Å². The summed E-state index contributed by atoms with van der Waals surface area (Å²) < 4.78 is 31.6. The zero-order valence-electron chi connectivity index (χ0n) is 11.3. The fraction of sp³-hybridized carbons (Fsp3) is 0.286. The highest BCUT2D eigenvalue weighted by atomic mass is 19.1. The van der Waals surface area contributed by atoms with Crippen molar-refractivity contribution in [2.24, 2.45) is 0 Å². The molecule has 2 aromatic rings. The number of aromatic nitrogens is 2. The number of anilines is 1. The number of hydrogen-bond acceptors (Lipinski definition) is 4. The van der Waals surface area contributed by atoms with Gasteiger partial charge in [0.25, 0.3) is 0 Å². The Morgan fingerprint density at radius 2 is 1.80 bits per heavy atom. The molecule has 106 valence electrons. The molecule has 0 radical (unpaired) electrons. The van der Waals surface area contributed by atoms with Crippen LogP contribution in [0.5, 0.6) is 11.6 Å². The van der Waals surface area contributed by atoms with Crippen LogP contribution in [0.1, 0.15) is 19.2 Å². The molecule has 0 aliphatic rings. The monoisotopic (exact) mass is 279 g/mol. The van der Waals surface area contributed by atoms with Gasteiger partial charge in [0.05, 0.1) is 0 Å². The van der Waals surface area contributed by atoms with E-state index < -0.39 is 11.6 Å². The highest BCUT2D eigenvalue weighted by Crippen LogP contribution is 2.23. The van der Waals surface area contributed by atoms with Crippen molar-refractivity contribution in [1.29, 1.82) is 0 Å². The largest absolute Gasteiger partial charge is 0.439 e. The standard InChI is InChI=1S/C14H15F2N3O/c1-3-4-17-13-8-14(19-9(2)18-13)20-12-6-10(15)5-11(16)7-12/h5-8H,3-4H2,1-2H3,(H,17,18,19). The molecule has 0 aliphatic heterocycles. The number of benzene rings is 1. The van der Waals surface area contributed by atoms with Crippen molar-refractivity contribution in [3.8, 4) is 11.6 Å². The average molecular weight is 279 g/mol. The summed E-state index contributed by atoms with van der Waals surface area (Å²) in [6.07, 6.45) is 0.953. The first-order valence-corrected chi connectivity index (χ1v) is 6.30. The Labute approximate surface area is 115 Å². The molecule has 1 aromatic carbocycles. The van der Waals surface area contributed by atoms with Gasteiger partial charge in [-0.25, -0.2) is 13.8 Å². The van der Waals surface area contributed by atoms with Crippen molar-refractivity contribution in [2.75, 3.05) is 11.9 Å². The number of hydrogen-bond donors (Lipinski definition) is 1. The summed E-state index contributed by atoms with van der Waals surface area (Å²) in [5, 5.41) is 3.10. The molecule has 1 N–H and O–H groups in total. The van der Waals surface area contributed by atoms with Gasteiger partial charge in [-0.15, -0.1) is 0 Å². The molecule has 4 nitrogen and oxygen atoms in total. The van der Waals surface area contributed by atoms with Crippen LogP contribution in [0.4, 0.5) is 14.6 Å². The second kappa shape index (κ2) is 6.27. The molecule has 0 saturated heterocycles. The predicted octanol–water partition coefficient (Wildman–Crippen LogP) is 3.68. The summed E-state index contributed by atoms with van der Waals surface area (Å²) in [4.78, 5) is 8.28. The maximum atomic E-state index is 13.1. The molecule has 0 atom stereocenters. The minimum absolute atomic E-state index is 0.0574. The molecule has 0 saturated carbocycles. The Morgan fingerprint density at radius 3 is 2.45 bits per heavy atom. The number of aryl methyl sites for hydroxylation is 1. The zero-order chi connectivity index (χ0) is 14.5. The van der Waals surface area contributed by atoms with Gasteiger partial charge < -0.3 is 10.1 Å². The Hall–Kier alpha value is -2.24. The zero-order valence-corrected chi connectivity index (χ0v) is 11.3. The molecule has 0 amide bonds. The van der Waals surface area contributed by atoms with Crippen LogP contribution in [0.15, 0.2) is 24.3 Å². The van der Waals surface area contributed by atoms with Crippen LogP contribution in [0.25, 0.3) is 0 Å². The predicted molar refractivity (Wildman–Crippen MR) is 72.0 cm³/mol. The van der Waals surface area contributed by atoms with E-state index in [1.165, 1.54) is 0 Å². The van der Waals surface area contributed by atoms with Gasteiger partial charge in [-0.2, -0.15) is 4.98 Å². The SMILES string of the molecule is CCCNc1cc(Oc2cc(F)cc(F)c2)nc(C)n1. The highest BCUT2D eigenvalue weighted by Gasteiger charge is 2.06. The van der Waals surface area contributed by atoms with Gasteiger partial charge in [0, 0.05) is 30.8 Å². The van der Waals surface area contributed by atoms with Crippen LogP contribution in [-0.4, -0.2) is 16.5 Å². The van der Waals surface area contributed by atoms with Crippen LogP contribution in [0, 0.1) is 18.6 Å². The molecular weight excluding hydrogens is 264 g/mol. The fourth-order valence-corrected chi connectivity index (χ4v) is 1.64. The number of nitrogens with zero attached hydrogens (tertiary/aromatic N) is 2. The smallest absolute Gasteiger partial charge is 0.224 e. The van der Waals surface area contributed by atoms with Gasteiger partial charge in [0.15, 0.2) is 0 Å². The van der Waals surface area contributed by atoms with Crippen LogP contribution in [0.2, 0.25) is 0 Å². The normalized spacial score (nSPS) is 10.4. The molecule has 0 aliphatic carbocycles. The summed E-state index contributed by atoms with van der Waals surface area (Å²) in [5.41, 5.74) is 0. The summed E-state index contributed by atoms with van der Waals surface area (Å²) in [6.45, 7) is 4.52. The second-order valence-electron chi connectivity index (χ2n) is 4.27. The van der Waals surface area contributed by atoms with E-state index in [4.69, 9.17) is 4.74 Å². The lowest BCUT2D eigenvalue weighted by atomic mass is 10.3. The molecule has 6 heteroatoms. The molecule has 20 heavy (non-hydrogen) atoms. The lowest BCUT2D eigenvalue weighted by molar-refractivity contribution is 0.449. The van der Waals surface area contributed by atoms with E-state index in [1.807, 2.05) is 6.92 Å². The quantitative estimate of drug-likeness (QED) is 0.907. The van der Waals surface area contributed by atoms with Gasteiger partial charge in [0.1, 0.15) is 29.0 Å². The van der Waals surface area contributed by atoms with Crippen molar-refractivity contribution in [1.82, 2.24) is 9.97 Å². The molecule has 1 aromatic heterocycles. The molecule has 0 spiro atoms. The first kappa shape index (κ1) is 14.2. The van der Waals surface area contributed by atoms with Crippen LogP contribution < -0.4 is 10.1 Å². The van der Waals surface area contributed by atoms with E-state index >= 15 is 0 Å². The Kier molecular flexibility index (Phi) is 4.45. The lowest BCUT2D eigenvalue weighted by Gasteiger charge is -2.09. The summed E-state index contributed by atoms with van der Waals surface area (Å²) in [6, 6.07) is 4.57. The first-order chi connectivity index (χ1) is 9.56. The van der Waals surface area contributed by atoms with E-state index in [1.54, 1.807) is 13.0 Å². The molecule has 0 unspecified atom stereocenters. The summed E-state index contributed by atoms with van der Waals surface area (Å²) in [7, 11) is 0. The minimum Gasteiger partial charge on any atom is -0.439 e. The van der Waals surface area contributed by atoms with E-state index in [2.05, 4.69) is 15.3 Å². The number of nitrogens with one attached hydrogen (secondary N) is 1. The third-order valence-electron chi connectivity index (χ3n) is 2.43. The molecule has 0 fully saturated rings.